The molecule has 0 spiro atoms. The molecule has 2 aromatic rings. The summed E-state index contributed by atoms with van der Waals surface area (Å²) in [4.78, 5) is 16.0. The molecule has 1 unspecified atom stereocenters. The summed E-state index contributed by atoms with van der Waals surface area (Å²) >= 11 is 0. The number of nitrogens with two attached hydrogens (primary N) is 1. The van der Waals surface area contributed by atoms with E-state index < -0.39 is 27.8 Å². The van der Waals surface area contributed by atoms with Gasteiger partial charge in [-0.05, 0) is 44.7 Å². The first kappa shape index (κ1) is 20.3. The molecule has 0 bridgehead atoms. The third-order valence-electron chi connectivity index (χ3n) is 4.43. The number of aryl methyl sites for hydroxylation is 2. The Morgan fingerprint density at radius 1 is 1.43 bits per heavy atom. The normalized spacial score (nSPS) is 15.8. The van der Waals surface area contributed by atoms with Crippen molar-refractivity contribution in [2.45, 2.75) is 50.9 Å². The van der Waals surface area contributed by atoms with E-state index in [1.54, 1.807) is 0 Å². The molecule has 3 N–H and O–H groups in total. The number of urea groups is 1. The standard InChI is InChI=1S/C16H19F3N6O2S/c1-3-25-8-7-12(23-25)28(20,27)24-15(26)22-13-9(2)14(16(17,18)19)21-11-6-4-5-10(11)13/h7-8H,3-6H2,1-2H3,(H3,20,21,22,24,26,27). The maximum Gasteiger partial charge on any atom is 0.433 e. The van der Waals surface area contributed by atoms with Crippen LogP contribution in [0.4, 0.5) is 23.7 Å². The summed E-state index contributed by atoms with van der Waals surface area (Å²) in [6.45, 7) is 3.54. The van der Waals surface area contributed by atoms with E-state index in [1.807, 2.05) is 6.92 Å². The van der Waals surface area contributed by atoms with Gasteiger partial charge >= 0.3 is 12.2 Å². The van der Waals surface area contributed by atoms with Crippen molar-refractivity contribution in [1.29, 1.82) is 0 Å². The van der Waals surface area contributed by atoms with Gasteiger partial charge in [-0.2, -0.15) is 18.3 Å². The highest BCUT2D eigenvalue weighted by Gasteiger charge is 2.37. The molecule has 8 nitrogen and oxygen atoms in total. The second-order valence-corrected chi connectivity index (χ2v) is 8.07. The molecule has 3 rings (SSSR count). The third-order valence-corrected chi connectivity index (χ3v) is 5.68. The molecular formula is C16H19F3N6O2S. The van der Waals surface area contributed by atoms with Crippen LogP contribution in [0.5, 0.6) is 0 Å². The number of anilines is 1. The van der Waals surface area contributed by atoms with Crippen molar-refractivity contribution in [3.05, 3.63) is 34.8 Å². The highest BCUT2D eigenvalue weighted by molar-refractivity contribution is 7.91. The lowest BCUT2D eigenvalue weighted by Crippen LogP contribution is -2.21. The van der Waals surface area contributed by atoms with E-state index in [-0.39, 0.29) is 16.3 Å². The summed E-state index contributed by atoms with van der Waals surface area (Å²) in [6, 6.07) is 0.273. The maximum atomic E-state index is 13.3. The van der Waals surface area contributed by atoms with E-state index in [1.165, 1.54) is 23.9 Å². The van der Waals surface area contributed by atoms with Crippen LogP contribution in [-0.2, 0) is 35.5 Å². The molecule has 28 heavy (non-hydrogen) atoms. The zero-order valence-corrected chi connectivity index (χ0v) is 16.0. The lowest BCUT2D eigenvalue weighted by Gasteiger charge is -2.17. The Balaban J connectivity index is 1.98. The number of amides is 2. The summed E-state index contributed by atoms with van der Waals surface area (Å²) in [5.74, 6) is 0. The molecule has 0 aromatic carbocycles. The summed E-state index contributed by atoms with van der Waals surface area (Å²) < 4.78 is 57.3. The number of fused-ring (bicyclic) bond motifs is 1. The smallest absolute Gasteiger partial charge is 0.305 e. The minimum atomic E-state index is -4.66. The SMILES string of the molecule is CCn1ccc(S(N)(=O)=NC(=O)Nc2c(C)c(C(F)(F)F)nc3c2CCC3)n1. The van der Waals surface area contributed by atoms with Gasteiger partial charge in [0.25, 0.3) is 0 Å². The molecule has 0 aliphatic heterocycles. The highest BCUT2D eigenvalue weighted by atomic mass is 32.2. The van der Waals surface area contributed by atoms with Crippen LogP contribution >= 0.6 is 0 Å². The quantitative estimate of drug-likeness (QED) is 0.800. The molecule has 2 aromatic heterocycles. The first-order valence-corrected chi connectivity index (χ1v) is 10.1. The fraction of sp³-hybridized carbons (Fsp3) is 0.438. The topological polar surface area (TPSA) is 115 Å². The maximum absolute atomic E-state index is 13.3. The minimum absolute atomic E-state index is 0.00198. The number of hydrogen-bond donors (Lipinski definition) is 2. The molecule has 1 aliphatic carbocycles. The average molecular weight is 416 g/mol. The van der Waals surface area contributed by atoms with Crippen LogP contribution in [0.1, 0.15) is 35.9 Å². The van der Waals surface area contributed by atoms with Crippen LogP contribution in [0.15, 0.2) is 21.7 Å². The molecule has 0 fully saturated rings. The average Bonchev–Trinajstić information content (AvgIpc) is 3.24. The number of carbonyl (C=O) groups excluding carboxylic acids is 1. The van der Waals surface area contributed by atoms with Crippen molar-refractivity contribution in [3.8, 4) is 0 Å². The predicted molar refractivity (Wildman–Crippen MR) is 95.9 cm³/mol. The van der Waals surface area contributed by atoms with Gasteiger partial charge in [0.2, 0.25) is 0 Å². The zero-order valence-electron chi connectivity index (χ0n) is 15.2. The zero-order chi connectivity index (χ0) is 20.7. The van der Waals surface area contributed by atoms with Crippen LogP contribution in [0.2, 0.25) is 0 Å². The minimum Gasteiger partial charge on any atom is -0.305 e. The first-order chi connectivity index (χ1) is 13.0. The van der Waals surface area contributed by atoms with Crippen molar-refractivity contribution in [2.75, 3.05) is 5.32 Å². The second-order valence-electron chi connectivity index (χ2n) is 6.34. The van der Waals surface area contributed by atoms with Gasteiger partial charge in [-0.15, -0.1) is 4.36 Å². The van der Waals surface area contributed by atoms with Gasteiger partial charge in [0.15, 0.2) is 14.9 Å². The van der Waals surface area contributed by atoms with Crippen molar-refractivity contribution < 1.29 is 22.2 Å². The molecule has 2 heterocycles. The van der Waals surface area contributed by atoms with Gasteiger partial charge < -0.3 is 5.32 Å². The van der Waals surface area contributed by atoms with E-state index in [0.717, 1.165) is 0 Å². The first-order valence-electron chi connectivity index (χ1n) is 8.52. The van der Waals surface area contributed by atoms with Gasteiger partial charge in [0, 0.05) is 24.0 Å². The van der Waals surface area contributed by atoms with Crippen molar-refractivity contribution >= 4 is 21.6 Å². The molecule has 2 amide bonds. The van der Waals surface area contributed by atoms with Gasteiger partial charge in [0.1, 0.15) is 5.69 Å². The Labute approximate surface area is 159 Å². The van der Waals surface area contributed by atoms with Gasteiger partial charge in [-0.3, -0.25) is 4.68 Å². The summed E-state index contributed by atoms with van der Waals surface area (Å²) in [5.41, 5.74) is -0.441. The molecule has 152 valence electrons. The summed E-state index contributed by atoms with van der Waals surface area (Å²) in [7, 11) is -3.64. The summed E-state index contributed by atoms with van der Waals surface area (Å²) in [5, 5.41) is 11.9. The van der Waals surface area contributed by atoms with E-state index in [0.29, 0.717) is 37.1 Å². The fourth-order valence-electron chi connectivity index (χ4n) is 3.10. The van der Waals surface area contributed by atoms with E-state index in [4.69, 9.17) is 5.14 Å². The van der Waals surface area contributed by atoms with Crippen LogP contribution in [-0.4, -0.2) is 25.0 Å². The molecule has 0 saturated heterocycles. The van der Waals surface area contributed by atoms with Gasteiger partial charge in [0.05, 0.1) is 5.69 Å². The number of rotatable bonds is 3. The van der Waals surface area contributed by atoms with Crippen molar-refractivity contribution in [3.63, 3.8) is 0 Å². The number of hydrogen-bond acceptors (Lipinski definition) is 4. The second kappa shape index (κ2) is 7.17. The van der Waals surface area contributed by atoms with Crippen LogP contribution in [0, 0.1) is 6.92 Å². The molecular weight excluding hydrogens is 397 g/mol. The van der Waals surface area contributed by atoms with E-state index >= 15 is 0 Å². The monoisotopic (exact) mass is 416 g/mol. The van der Waals surface area contributed by atoms with Gasteiger partial charge in [-0.1, -0.05) is 0 Å². The molecule has 0 radical (unpaired) electrons. The highest BCUT2D eigenvalue weighted by Crippen LogP contribution is 2.38. The number of nitrogens with one attached hydrogen (secondary N) is 1. The Bertz CT molecular complexity index is 1050. The molecule has 12 heteroatoms. The van der Waals surface area contributed by atoms with Crippen molar-refractivity contribution in [2.24, 2.45) is 9.50 Å². The number of carbonyl (C=O) groups is 1. The van der Waals surface area contributed by atoms with Crippen LogP contribution < -0.4 is 10.5 Å². The number of nitrogens with zero attached hydrogens (tertiary/aromatic N) is 4. The van der Waals surface area contributed by atoms with Gasteiger partial charge in [-0.25, -0.2) is 19.1 Å². The number of pyridine rings is 1. The number of halogens is 3. The van der Waals surface area contributed by atoms with Crippen LogP contribution in [0.25, 0.3) is 0 Å². The Morgan fingerprint density at radius 3 is 2.75 bits per heavy atom. The Kier molecular flexibility index (Phi) is 5.19. The Morgan fingerprint density at radius 2 is 2.14 bits per heavy atom. The molecule has 1 aliphatic rings. The molecule has 1 atom stereocenters. The number of aromatic nitrogens is 3. The van der Waals surface area contributed by atoms with Crippen molar-refractivity contribution in [1.82, 2.24) is 14.8 Å². The molecule has 0 saturated carbocycles. The van der Waals surface area contributed by atoms with Crippen LogP contribution in [0.3, 0.4) is 0 Å². The summed E-state index contributed by atoms with van der Waals surface area (Å²) in [6.07, 6.45) is -1.63. The Hall–Kier alpha value is -2.47. The number of alkyl halides is 3. The lowest BCUT2D eigenvalue weighted by atomic mass is 10.1. The van der Waals surface area contributed by atoms with E-state index in [2.05, 4.69) is 19.8 Å². The fourth-order valence-corrected chi connectivity index (χ4v) is 3.97. The lowest BCUT2D eigenvalue weighted by molar-refractivity contribution is -0.141. The van der Waals surface area contributed by atoms with E-state index in [9.17, 15) is 22.2 Å². The predicted octanol–water partition coefficient (Wildman–Crippen LogP) is 3.05. The third kappa shape index (κ3) is 3.87. The largest absolute Gasteiger partial charge is 0.433 e.